The second-order valence-electron chi connectivity index (χ2n) is 2.34. The summed E-state index contributed by atoms with van der Waals surface area (Å²) in [6.07, 6.45) is -2.70. The fourth-order valence-corrected chi connectivity index (χ4v) is 1.64. The lowest BCUT2D eigenvalue weighted by Crippen LogP contribution is -2.15. The summed E-state index contributed by atoms with van der Waals surface area (Å²) in [7, 11) is 0. The third kappa shape index (κ3) is 1.82. The maximum absolute atomic E-state index is 12.2. The van der Waals surface area contributed by atoms with Crippen molar-refractivity contribution in [3.63, 3.8) is 0 Å². The monoisotopic (exact) mass is 285 g/mol. The van der Waals surface area contributed by atoms with Crippen LogP contribution in [0.5, 0.6) is 0 Å². The van der Waals surface area contributed by atoms with Crippen molar-refractivity contribution in [3.05, 3.63) is 31.2 Å². The van der Waals surface area contributed by atoms with Crippen molar-refractivity contribution < 1.29 is 8.78 Å². The molecule has 0 aliphatic rings. The molecule has 1 aromatic heterocycles. The minimum absolute atomic E-state index is 0.332. The molecule has 0 saturated carbocycles. The number of alkyl halides is 2. The van der Waals surface area contributed by atoms with Crippen LogP contribution in [0.2, 0.25) is 0 Å². The molecule has 0 spiro atoms. The Morgan fingerprint density at radius 1 is 1.58 bits per heavy atom. The van der Waals surface area contributed by atoms with E-state index in [-0.39, 0.29) is 0 Å². The van der Waals surface area contributed by atoms with E-state index in [9.17, 15) is 13.6 Å². The van der Waals surface area contributed by atoms with Gasteiger partial charge in [-0.3, -0.25) is 4.79 Å². The van der Waals surface area contributed by atoms with Crippen LogP contribution >= 0.6 is 22.6 Å². The summed E-state index contributed by atoms with van der Waals surface area (Å²) in [5.74, 6) is 0. The Morgan fingerprint density at radius 2 is 2.17 bits per heavy atom. The van der Waals surface area contributed by atoms with Crippen LogP contribution in [-0.2, 0) is 0 Å². The predicted octanol–water partition coefficient (Wildman–Crippen LogP) is 2.23. The van der Waals surface area contributed by atoms with Gasteiger partial charge in [-0.25, -0.2) is 8.78 Å². The third-order valence-corrected chi connectivity index (χ3v) is 2.04. The highest BCUT2D eigenvalue weighted by atomic mass is 127. The highest BCUT2D eigenvalue weighted by Gasteiger charge is 2.15. The largest absolute Gasteiger partial charge is 0.317 e. The Bertz CT molecular complexity index is 348. The van der Waals surface area contributed by atoms with Gasteiger partial charge in [0.2, 0.25) is 0 Å². The zero-order valence-electron chi connectivity index (χ0n) is 6.20. The number of halogens is 3. The van der Waals surface area contributed by atoms with E-state index in [1.807, 2.05) is 22.6 Å². The second-order valence-corrected chi connectivity index (χ2v) is 3.51. The van der Waals surface area contributed by atoms with Crippen LogP contribution in [-0.4, -0.2) is 4.98 Å². The lowest BCUT2D eigenvalue weighted by molar-refractivity contribution is 0.149. The van der Waals surface area contributed by atoms with Gasteiger partial charge in [0.25, 0.3) is 12.0 Å². The van der Waals surface area contributed by atoms with E-state index in [2.05, 4.69) is 4.98 Å². The van der Waals surface area contributed by atoms with E-state index in [0.717, 1.165) is 0 Å². The summed E-state index contributed by atoms with van der Waals surface area (Å²) < 4.78 is 25.0. The standard InChI is InChI=1S/C7H6F2INO/c1-3-2-4(10)11-7(12)5(3)6(8)9/h2,6H,1H3,(H,11,12). The molecule has 1 N–H and O–H groups in total. The van der Waals surface area contributed by atoms with Crippen molar-refractivity contribution in [2.75, 3.05) is 0 Å². The molecule has 66 valence electrons. The molecule has 0 unspecified atom stereocenters. The molecule has 0 saturated heterocycles. The number of pyridine rings is 1. The fraction of sp³-hybridized carbons (Fsp3) is 0.286. The Labute approximate surface area is 81.1 Å². The molecule has 0 atom stereocenters. The number of H-pyrrole nitrogens is 1. The Kier molecular flexibility index (Phi) is 2.81. The van der Waals surface area contributed by atoms with Crippen LogP contribution in [0.3, 0.4) is 0 Å². The molecule has 0 radical (unpaired) electrons. The molecule has 1 heterocycles. The SMILES string of the molecule is Cc1cc(I)[nH]c(=O)c1C(F)F. The molecule has 2 nitrogen and oxygen atoms in total. The molecule has 5 heteroatoms. The van der Waals surface area contributed by atoms with Crippen molar-refractivity contribution >= 4 is 22.6 Å². The summed E-state index contributed by atoms with van der Waals surface area (Å²) in [5.41, 5.74) is -0.803. The van der Waals surface area contributed by atoms with Gasteiger partial charge < -0.3 is 4.98 Å². The molecule has 0 amide bonds. The number of aromatic amines is 1. The lowest BCUT2D eigenvalue weighted by Gasteiger charge is -2.02. The summed E-state index contributed by atoms with van der Waals surface area (Å²) in [4.78, 5) is 13.3. The van der Waals surface area contributed by atoms with Gasteiger partial charge in [0.15, 0.2) is 0 Å². The average molecular weight is 285 g/mol. The molecule has 0 fully saturated rings. The van der Waals surface area contributed by atoms with Gasteiger partial charge in [0.1, 0.15) is 0 Å². The van der Waals surface area contributed by atoms with Crippen LogP contribution in [0.25, 0.3) is 0 Å². The quantitative estimate of drug-likeness (QED) is 0.623. The van der Waals surface area contributed by atoms with Crippen molar-refractivity contribution in [2.45, 2.75) is 13.3 Å². The predicted molar refractivity (Wildman–Crippen MR) is 49.5 cm³/mol. The topological polar surface area (TPSA) is 32.9 Å². The van der Waals surface area contributed by atoms with Crippen LogP contribution in [0.1, 0.15) is 17.6 Å². The molecule has 1 aromatic rings. The van der Waals surface area contributed by atoms with Crippen LogP contribution < -0.4 is 5.56 Å². The highest BCUT2D eigenvalue weighted by molar-refractivity contribution is 14.1. The van der Waals surface area contributed by atoms with Gasteiger partial charge in [0, 0.05) is 0 Å². The summed E-state index contributed by atoms with van der Waals surface area (Å²) in [6.45, 7) is 1.50. The number of hydrogen-bond acceptors (Lipinski definition) is 1. The smallest absolute Gasteiger partial charge is 0.269 e. The van der Waals surface area contributed by atoms with Gasteiger partial charge in [-0.15, -0.1) is 0 Å². The number of hydrogen-bond donors (Lipinski definition) is 1. The van der Waals surface area contributed by atoms with Crippen molar-refractivity contribution in [1.82, 2.24) is 4.98 Å². The van der Waals surface area contributed by atoms with E-state index in [4.69, 9.17) is 0 Å². The minimum Gasteiger partial charge on any atom is -0.317 e. The van der Waals surface area contributed by atoms with Gasteiger partial charge in [-0.2, -0.15) is 0 Å². The fourth-order valence-electron chi connectivity index (χ4n) is 0.930. The number of rotatable bonds is 1. The summed E-state index contributed by atoms with van der Waals surface area (Å²) in [5, 5.41) is 0. The summed E-state index contributed by atoms with van der Waals surface area (Å²) in [6, 6.07) is 1.52. The minimum atomic E-state index is -2.70. The molecule has 0 aliphatic carbocycles. The normalized spacial score (nSPS) is 10.8. The van der Waals surface area contributed by atoms with Gasteiger partial charge in [0.05, 0.1) is 9.26 Å². The van der Waals surface area contributed by atoms with Crippen LogP contribution in [0.4, 0.5) is 8.78 Å². The number of aromatic nitrogens is 1. The first-order valence-corrected chi connectivity index (χ1v) is 4.27. The van der Waals surface area contributed by atoms with E-state index in [1.54, 1.807) is 0 Å². The first-order valence-electron chi connectivity index (χ1n) is 3.20. The molecular formula is C7H6F2INO. The number of aryl methyl sites for hydroxylation is 1. The summed E-state index contributed by atoms with van der Waals surface area (Å²) >= 11 is 1.87. The zero-order valence-corrected chi connectivity index (χ0v) is 8.35. The molecular weight excluding hydrogens is 279 g/mol. The van der Waals surface area contributed by atoms with Crippen LogP contribution in [0.15, 0.2) is 10.9 Å². The van der Waals surface area contributed by atoms with Gasteiger partial charge in [-0.05, 0) is 41.1 Å². The van der Waals surface area contributed by atoms with E-state index >= 15 is 0 Å². The van der Waals surface area contributed by atoms with E-state index in [1.165, 1.54) is 13.0 Å². The maximum atomic E-state index is 12.2. The maximum Gasteiger partial charge on any atom is 0.269 e. The third-order valence-electron chi connectivity index (χ3n) is 1.46. The highest BCUT2D eigenvalue weighted by Crippen LogP contribution is 2.18. The Hall–Kier alpha value is -0.460. The average Bonchev–Trinajstić information content (AvgIpc) is 1.82. The first kappa shape index (κ1) is 9.63. The molecule has 0 aliphatic heterocycles. The molecule has 0 aromatic carbocycles. The molecule has 12 heavy (non-hydrogen) atoms. The Balaban J connectivity index is 3.39. The second kappa shape index (κ2) is 3.51. The molecule has 1 rings (SSSR count). The van der Waals surface area contributed by atoms with Gasteiger partial charge >= 0.3 is 0 Å². The van der Waals surface area contributed by atoms with E-state index < -0.39 is 17.5 Å². The van der Waals surface area contributed by atoms with Crippen LogP contribution in [0, 0.1) is 10.6 Å². The molecule has 0 bridgehead atoms. The first-order chi connectivity index (χ1) is 5.52. The lowest BCUT2D eigenvalue weighted by atomic mass is 10.2. The van der Waals surface area contributed by atoms with Crippen molar-refractivity contribution in [2.24, 2.45) is 0 Å². The zero-order chi connectivity index (χ0) is 9.30. The van der Waals surface area contributed by atoms with E-state index in [0.29, 0.717) is 9.26 Å². The van der Waals surface area contributed by atoms with Crippen molar-refractivity contribution in [1.29, 1.82) is 0 Å². The van der Waals surface area contributed by atoms with Gasteiger partial charge in [-0.1, -0.05) is 0 Å². The Morgan fingerprint density at radius 3 is 2.58 bits per heavy atom. The number of nitrogens with one attached hydrogen (secondary N) is 1. The van der Waals surface area contributed by atoms with Crippen molar-refractivity contribution in [3.8, 4) is 0 Å².